The maximum Gasteiger partial charge on any atom is 0.269 e. The third kappa shape index (κ3) is 3.58. The SMILES string of the molecule is O=[N+]([O-])c1ccc(NN=CCc2nnnn2-c2ccccc2)cc1. The van der Waals surface area contributed by atoms with Crippen molar-refractivity contribution in [1.29, 1.82) is 0 Å². The molecule has 3 rings (SSSR count). The van der Waals surface area contributed by atoms with Crippen LogP contribution in [0, 0.1) is 10.1 Å². The van der Waals surface area contributed by atoms with Gasteiger partial charge in [-0.05, 0) is 34.7 Å². The third-order valence-corrected chi connectivity index (χ3v) is 3.17. The van der Waals surface area contributed by atoms with Crippen LogP contribution in [0.3, 0.4) is 0 Å². The number of non-ortho nitro benzene ring substituents is 1. The highest BCUT2D eigenvalue weighted by molar-refractivity contribution is 5.62. The number of para-hydroxylation sites is 1. The first kappa shape index (κ1) is 15.3. The molecule has 0 spiro atoms. The summed E-state index contributed by atoms with van der Waals surface area (Å²) in [5, 5.41) is 26.3. The Hall–Kier alpha value is -3.62. The number of benzene rings is 2. The van der Waals surface area contributed by atoms with Gasteiger partial charge in [-0.25, -0.2) is 0 Å². The summed E-state index contributed by atoms with van der Waals surface area (Å²) >= 11 is 0. The van der Waals surface area contributed by atoms with Gasteiger partial charge in [0.1, 0.15) is 0 Å². The van der Waals surface area contributed by atoms with Gasteiger partial charge in [-0.3, -0.25) is 15.5 Å². The Morgan fingerprint density at radius 1 is 1.17 bits per heavy atom. The third-order valence-electron chi connectivity index (χ3n) is 3.17. The average molecular weight is 323 g/mol. The molecule has 24 heavy (non-hydrogen) atoms. The maximum absolute atomic E-state index is 10.6. The summed E-state index contributed by atoms with van der Waals surface area (Å²) in [6.45, 7) is 0. The molecule has 9 nitrogen and oxygen atoms in total. The molecular formula is C15H13N7O2. The highest BCUT2D eigenvalue weighted by atomic mass is 16.6. The van der Waals surface area contributed by atoms with E-state index in [4.69, 9.17) is 0 Å². The number of nitro benzene ring substituents is 1. The van der Waals surface area contributed by atoms with Gasteiger partial charge in [0.05, 0.1) is 16.3 Å². The summed E-state index contributed by atoms with van der Waals surface area (Å²) in [5.74, 6) is 0.649. The van der Waals surface area contributed by atoms with E-state index < -0.39 is 4.92 Å². The number of hydrogen-bond donors (Lipinski definition) is 1. The lowest BCUT2D eigenvalue weighted by Crippen LogP contribution is -2.04. The van der Waals surface area contributed by atoms with Crippen LogP contribution in [0.25, 0.3) is 5.69 Å². The molecule has 1 heterocycles. The van der Waals surface area contributed by atoms with Crippen molar-refractivity contribution in [2.45, 2.75) is 6.42 Å². The Balaban J connectivity index is 1.61. The smallest absolute Gasteiger partial charge is 0.269 e. The van der Waals surface area contributed by atoms with E-state index in [9.17, 15) is 10.1 Å². The zero-order chi connectivity index (χ0) is 16.8. The van der Waals surface area contributed by atoms with Gasteiger partial charge in [-0.15, -0.1) is 5.10 Å². The van der Waals surface area contributed by atoms with Crippen LogP contribution >= 0.6 is 0 Å². The van der Waals surface area contributed by atoms with Crippen molar-refractivity contribution >= 4 is 17.6 Å². The Morgan fingerprint density at radius 3 is 2.62 bits per heavy atom. The minimum absolute atomic E-state index is 0.0339. The highest BCUT2D eigenvalue weighted by Gasteiger charge is 2.06. The largest absolute Gasteiger partial charge is 0.279 e. The molecule has 0 aliphatic rings. The van der Waals surface area contributed by atoms with Crippen LogP contribution in [0.5, 0.6) is 0 Å². The molecule has 0 aliphatic heterocycles. The number of nitrogens with zero attached hydrogens (tertiary/aromatic N) is 6. The van der Waals surface area contributed by atoms with Gasteiger partial charge >= 0.3 is 0 Å². The molecule has 0 saturated carbocycles. The fourth-order valence-electron chi connectivity index (χ4n) is 2.01. The van der Waals surface area contributed by atoms with Crippen LogP contribution in [0.1, 0.15) is 5.82 Å². The minimum atomic E-state index is -0.448. The van der Waals surface area contributed by atoms with Gasteiger partial charge in [0, 0.05) is 24.8 Å². The molecule has 3 aromatic rings. The van der Waals surface area contributed by atoms with E-state index in [1.165, 1.54) is 12.1 Å². The van der Waals surface area contributed by atoms with Crippen LogP contribution in [0.15, 0.2) is 59.7 Å². The second-order valence-electron chi connectivity index (χ2n) is 4.77. The first-order chi connectivity index (χ1) is 11.7. The molecule has 0 fully saturated rings. The number of nitrogens with one attached hydrogen (secondary N) is 1. The molecule has 1 aromatic heterocycles. The van der Waals surface area contributed by atoms with E-state index in [-0.39, 0.29) is 5.69 Å². The molecule has 0 saturated heterocycles. The van der Waals surface area contributed by atoms with Crippen LogP contribution in [0.2, 0.25) is 0 Å². The summed E-state index contributed by atoms with van der Waals surface area (Å²) in [6.07, 6.45) is 2.06. The van der Waals surface area contributed by atoms with E-state index in [1.807, 2.05) is 30.3 Å². The first-order valence-corrected chi connectivity index (χ1v) is 7.09. The topological polar surface area (TPSA) is 111 Å². The van der Waals surface area contributed by atoms with Crippen LogP contribution in [-0.4, -0.2) is 31.3 Å². The van der Waals surface area contributed by atoms with Gasteiger partial charge in [-0.2, -0.15) is 9.78 Å². The molecule has 0 aliphatic carbocycles. The average Bonchev–Trinajstić information content (AvgIpc) is 3.08. The fraction of sp³-hybridized carbons (Fsp3) is 0.0667. The monoisotopic (exact) mass is 323 g/mol. The lowest BCUT2D eigenvalue weighted by molar-refractivity contribution is -0.384. The normalized spacial score (nSPS) is 10.8. The standard InChI is InChI=1S/C15H13N7O2/c23-22(24)14-8-6-12(7-9-14)17-16-11-10-15-18-19-20-21(15)13-4-2-1-3-5-13/h1-9,11,17H,10H2. The lowest BCUT2D eigenvalue weighted by atomic mass is 10.3. The van der Waals surface area contributed by atoms with Crippen molar-refractivity contribution in [2.75, 3.05) is 5.43 Å². The van der Waals surface area contributed by atoms with Crippen LogP contribution < -0.4 is 5.43 Å². The molecule has 1 N–H and O–H groups in total. The Kier molecular flexibility index (Phi) is 4.52. The Morgan fingerprint density at radius 2 is 1.92 bits per heavy atom. The molecular weight excluding hydrogens is 310 g/mol. The number of hydrazone groups is 1. The lowest BCUT2D eigenvalue weighted by Gasteiger charge is -2.02. The van der Waals surface area contributed by atoms with Crippen molar-refractivity contribution < 1.29 is 4.92 Å². The van der Waals surface area contributed by atoms with Crippen molar-refractivity contribution in [3.8, 4) is 5.69 Å². The molecule has 0 atom stereocenters. The zero-order valence-corrected chi connectivity index (χ0v) is 12.5. The molecule has 0 unspecified atom stereocenters. The van der Waals surface area contributed by atoms with E-state index in [1.54, 1.807) is 23.0 Å². The van der Waals surface area contributed by atoms with Gasteiger partial charge in [0.25, 0.3) is 5.69 Å². The number of nitro groups is 1. The fourth-order valence-corrected chi connectivity index (χ4v) is 2.01. The predicted octanol–water partition coefficient (Wildman–Crippen LogP) is 2.21. The summed E-state index contributed by atoms with van der Waals surface area (Å²) in [6, 6.07) is 15.5. The van der Waals surface area contributed by atoms with Crippen molar-refractivity contribution in [2.24, 2.45) is 5.10 Å². The van der Waals surface area contributed by atoms with Gasteiger partial charge in [-0.1, -0.05) is 18.2 Å². The number of rotatable bonds is 6. The summed E-state index contributed by atoms with van der Waals surface area (Å²) in [5.41, 5.74) is 4.36. The van der Waals surface area contributed by atoms with Crippen LogP contribution in [0.4, 0.5) is 11.4 Å². The second kappa shape index (κ2) is 7.09. The number of aromatic nitrogens is 4. The number of tetrazole rings is 1. The second-order valence-corrected chi connectivity index (χ2v) is 4.77. The quantitative estimate of drug-likeness (QED) is 0.423. The van der Waals surface area contributed by atoms with E-state index in [0.717, 1.165) is 5.69 Å². The van der Waals surface area contributed by atoms with Crippen molar-refractivity contribution in [3.63, 3.8) is 0 Å². The van der Waals surface area contributed by atoms with Crippen LogP contribution in [-0.2, 0) is 6.42 Å². The van der Waals surface area contributed by atoms with Crippen molar-refractivity contribution in [1.82, 2.24) is 20.2 Å². The summed E-state index contributed by atoms with van der Waals surface area (Å²) in [4.78, 5) is 10.1. The minimum Gasteiger partial charge on any atom is -0.279 e. The molecule has 0 bridgehead atoms. The molecule has 120 valence electrons. The number of hydrogen-bond acceptors (Lipinski definition) is 7. The summed E-state index contributed by atoms with van der Waals surface area (Å²) < 4.78 is 1.64. The predicted molar refractivity (Wildman–Crippen MR) is 88.1 cm³/mol. The van der Waals surface area contributed by atoms with Gasteiger partial charge in [0.15, 0.2) is 5.82 Å². The molecule has 2 aromatic carbocycles. The van der Waals surface area contributed by atoms with E-state index >= 15 is 0 Å². The van der Waals surface area contributed by atoms with E-state index in [0.29, 0.717) is 17.9 Å². The number of anilines is 1. The summed E-state index contributed by atoms with van der Waals surface area (Å²) in [7, 11) is 0. The Labute approximate surface area is 136 Å². The van der Waals surface area contributed by atoms with E-state index in [2.05, 4.69) is 26.1 Å². The van der Waals surface area contributed by atoms with Crippen molar-refractivity contribution in [3.05, 3.63) is 70.5 Å². The van der Waals surface area contributed by atoms with Gasteiger partial charge in [0.2, 0.25) is 0 Å². The zero-order valence-electron chi connectivity index (χ0n) is 12.5. The van der Waals surface area contributed by atoms with Gasteiger partial charge < -0.3 is 0 Å². The Bertz CT molecular complexity index is 844. The molecule has 0 amide bonds. The highest BCUT2D eigenvalue weighted by Crippen LogP contribution is 2.15. The molecule has 0 radical (unpaired) electrons. The molecule has 9 heteroatoms. The first-order valence-electron chi connectivity index (χ1n) is 7.09. The maximum atomic E-state index is 10.6.